The lowest BCUT2D eigenvalue weighted by Gasteiger charge is -2.41. The van der Waals surface area contributed by atoms with Crippen molar-refractivity contribution in [2.45, 2.75) is 52.2 Å². The third kappa shape index (κ3) is 5.56. The van der Waals surface area contributed by atoms with Crippen LogP contribution in [0.25, 0.3) is 0 Å². The number of hydrogen-bond acceptors (Lipinski definition) is 5. The Labute approximate surface area is 168 Å². The van der Waals surface area contributed by atoms with Gasteiger partial charge < -0.3 is 9.84 Å². The molecule has 0 saturated carbocycles. The molecule has 0 radical (unpaired) electrons. The summed E-state index contributed by atoms with van der Waals surface area (Å²) in [5.41, 5.74) is 3.58. The molecule has 2 aromatic rings. The second-order valence-electron chi connectivity index (χ2n) is 7.92. The number of aliphatic hydroxyl groups excluding tert-OH is 1. The molecule has 1 fully saturated rings. The van der Waals surface area contributed by atoms with Crippen molar-refractivity contribution in [1.82, 2.24) is 20.0 Å². The van der Waals surface area contributed by atoms with Gasteiger partial charge in [0.15, 0.2) is 0 Å². The summed E-state index contributed by atoms with van der Waals surface area (Å²) >= 11 is 0. The molecule has 0 bridgehead atoms. The predicted molar refractivity (Wildman–Crippen MR) is 111 cm³/mol. The number of nitrogens with one attached hydrogen (secondary N) is 1. The lowest BCUT2D eigenvalue weighted by molar-refractivity contribution is 0.0494. The van der Waals surface area contributed by atoms with Gasteiger partial charge in [-0.05, 0) is 43.0 Å². The summed E-state index contributed by atoms with van der Waals surface area (Å²) in [6.07, 6.45) is 0.799. The highest BCUT2D eigenvalue weighted by atomic mass is 16.5. The molecule has 1 aliphatic heterocycles. The fourth-order valence-electron chi connectivity index (χ4n) is 3.82. The van der Waals surface area contributed by atoms with Crippen molar-refractivity contribution in [3.05, 3.63) is 47.3 Å². The van der Waals surface area contributed by atoms with Gasteiger partial charge in [-0.3, -0.25) is 14.9 Å². The van der Waals surface area contributed by atoms with Crippen molar-refractivity contribution in [2.75, 3.05) is 32.8 Å². The van der Waals surface area contributed by atoms with Gasteiger partial charge in [-0.1, -0.05) is 26.0 Å². The van der Waals surface area contributed by atoms with Crippen LogP contribution in [0.4, 0.5) is 0 Å². The van der Waals surface area contributed by atoms with E-state index in [0.29, 0.717) is 18.6 Å². The van der Waals surface area contributed by atoms with Crippen LogP contribution in [0.2, 0.25) is 0 Å². The summed E-state index contributed by atoms with van der Waals surface area (Å²) in [7, 11) is 0. The van der Waals surface area contributed by atoms with Gasteiger partial charge in [0, 0.05) is 51.1 Å². The van der Waals surface area contributed by atoms with E-state index in [1.807, 2.05) is 19.1 Å². The first kappa shape index (κ1) is 20.8. The van der Waals surface area contributed by atoms with E-state index in [0.717, 1.165) is 50.6 Å². The van der Waals surface area contributed by atoms with Gasteiger partial charge in [-0.25, -0.2) is 0 Å². The molecule has 6 nitrogen and oxygen atoms in total. The molecule has 6 heteroatoms. The highest BCUT2D eigenvalue weighted by Crippen LogP contribution is 2.20. The number of hydrogen-bond donors (Lipinski definition) is 2. The molecule has 0 amide bonds. The maximum atomic E-state index is 9.56. The predicted octanol–water partition coefficient (Wildman–Crippen LogP) is 3.00. The molecule has 2 heterocycles. The molecule has 2 N–H and O–H groups in total. The van der Waals surface area contributed by atoms with Gasteiger partial charge in [0.2, 0.25) is 0 Å². The number of rotatable bonds is 9. The van der Waals surface area contributed by atoms with Gasteiger partial charge in [-0.15, -0.1) is 0 Å². The Balaban J connectivity index is 1.58. The number of benzene rings is 1. The smallest absolute Gasteiger partial charge is 0.119 e. The number of nitrogens with zero attached hydrogens (tertiary/aromatic N) is 3. The SMILES string of the molecule is CCOc1ccc(CN2CCN(Cc3cc(C(C)C)n[nH]3)C[C@H]2CCO)cc1. The minimum Gasteiger partial charge on any atom is -0.494 e. The fourth-order valence-corrected chi connectivity index (χ4v) is 3.82. The van der Waals surface area contributed by atoms with Crippen molar-refractivity contribution >= 4 is 0 Å². The third-order valence-corrected chi connectivity index (χ3v) is 5.41. The second-order valence-corrected chi connectivity index (χ2v) is 7.92. The number of aliphatic hydroxyl groups is 1. The minimum absolute atomic E-state index is 0.222. The second kappa shape index (κ2) is 10.0. The van der Waals surface area contributed by atoms with E-state index < -0.39 is 0 Å². The van der Waals surface area contributed by atoms with E-state index in [4.69, 9.17) is 4.74 Å². The zero-order valence-corrected chi connectivity index (χ0v) is 17.4. The van der Waals surface area contributed by atoms with E-state index in [1.165, 1.54) is 11.3 Å². The summed E-state index contributed by atoms with van der Waals surface area (Å²) in [6, 6.07) is 10.9. The zero-order chi connectivity index (χ0) is 19.9. The molecule has 1 aromatic carbocycles. The van der Waals surface area contributed by atoms with E-state index in [1.54, 1.807) is 0 Å². The molecule has 0 unspecified atom stereocenters. The molecular formula is C22H34N4O2. The van der Waals surface area contributed by atoms with Crippen LogP contribution in [0, 0.1) is 0 Å². The number of H-pyrrole nitrogens is 1. The Bertz CT molecular complexity index is 714. The Morgan fingerprint density at radius 2 is 2.00 bits per heavy atom. The van der Waals surface area contributed by atoms with Crippen molar-refractivity contribution in [1.29, 1.82) is 0 Å². The Morgan fingerprint density at radius 1 is 1.21 bits per heavy atom. The molecule has 1 aromatic heterocycles. The van der Waals surface area contributed by atoms with Gasteiger partial charge in [0.05, 0.1) is 12.3 Å². The first-order valence-corrected chi connectivity index (χ1v) is 10.4. The molecule has 28 heavy (non-hydrogen) atoms. The Hall–Kier alpha value is -1.89. The van der Waals surface area contributed by atoms with Crippen LogP contribution in [0.5, 0.6) is 5.75 Å². The van der Waals surface area contributed by atoms with Crippen LogP contribution in [-0.2, 0) is 13.1 Å². The molecule has 0 spiro atoms. The molecule has 0 aliphatic carbocycles. The summed E-state index contributed by atoms with van der Waals surface area (Å²) in [6.45, 7) is 12.0. The standard InChI is InChI=1S/C22H34N4O2/c1-4-28-21-7-5-18(6-8-21)14-26-11-10-25(16-20(26)9-12-27)15-19-13-22(17(2)3)24-23-19/h5-8,13,17,20,27H,4,9-12,14-16H2,1-3H3,(H,23,24)/t20-/m1/s1. The molecule has 1 saturated heterocycles. The molecule has 1 atom stereocenters. The van der Waals surface area contributed by atoms with Crippen LogP contribution in [0.3, 0.4) is 0 Å². The van der Waals surface area contributed by atoms with Crippen molar-refractivity contribution in [3.63, 3.8) is 0 Å². The number of ether oxygens (including phenoxy) is 1. The maximum Gasteiger partial charge on any atom is 0.119 e. The van der Waals surface area contributed by atoms with Gasteiger partial charge >= 0.3 is 0 Å². The minimum atomic E-state index is 0.222. The summed E-state index contributed by atoms with van der Waals surface area (Å²) in [4.78, 5) is 4.96. The maximum absolute atomic E-state index is 9.56. The molecule has 3 rings (SSSR count). The quantitative estimate of drug-likeness (QED) is 0.694. The van der Waals surface area contributed by atoms with Crippen LogP contribution >= 0.6 is 0 Å². The number of aromatic nitrogens is 2. The largest absolute Gasteiger partial charge is 0.494 e. The van der Waals surface area contributed by atoms with E-state index >= 15 is 0 Å². The summed E-state index contributed by atoms with van der Waals surface area (Å²) in [5.74, 6) is 1.36. The van der Waals surface area contributed by atoms with Crippen molar-refractivity contribution in [3.8, 4) is 5.75 Å². The first-order valence-electron chi connectivity index (χ1n) is 10.4. The number of piperazine rings is 1. The fraction of sp³-hybridized carbons (Fsp3) is 0.591. The van der Waals surface area contributed by atoms with Gasteiger partial charge in [0.1, 0.15) is 5.75 Å². The van der Waals surface area contributed by atoms with E-state index in [9.17, 15) is 5.11 Å². The van der Waals surface area contributed by atoms with Crippen LogP contribution < -0.4 is 4.74 Å². The molecule has 154 valence electrons. The molecule has 1 aliphatic rings. The average molecular weight is 387 g/mol. The Kier molecular flexibility index (Phi) is 7.48. The lowest BCUT2D eigenvalue weighted by Crippen LogP contribution is -2.52. The van der Waals surface area contributed by atoms with Crippen molar-refractivity contribution < 1.29 is 9.84 Å². The topological polar surface area (TPSA) is 64.6 Å². The monoisotopic (exact) mass is 386 g/mol. The average Bonchev–Trinajstić information content (AvgIpc) is 3.15. The third-order valence-electron chi connectivity index (χ3n) is 5.41. The van der Waals surface area contributed by atoms with E-state index in [-0.39, 0.29) is 6.61 Å². The summed E-state index contributed by atoms with van der Waals surface area (Å²) in [5, 5.41) is 17.2. The lowest BCUT2D eigenvalue weighted by atomic mass is 10.1. The van der Waals surface area contributed by atoms with Crippen LogP contribution in [0.15, 0.2) is 30.3 Å². The number of aromatic amines is 1. The molecular weight excluding hydrogens is 352 g/mol. The van der Waals surface area contributed by atoms with Gasteiger partial charge in [-0.2, -0.15) is 5.10 Å². The van der Waals surface area contributed by atoms with E-state index in [2.05, 4.69) is 52.0 Å². The zero-order valence-electron chi connectivity index (χ0n) is 17.4. The first-order chi connectivity index (χ1) is 13.6. The van der Waals surface area contributed by atoms with Gasteiger partial charge in [0.25, 0.3) is 0 Å². The summed E-state index contributed by atoms with van der Waals surface area (Å²) < 4.78 is 5.54. The highest BCUT2D eigenvalue weighted by molar-refractivity contribution is 5.27. The van der Waals surface area contributed by atoms with Crippen LogP contribution in [-0.4, -0.2) is 64.0 Å². The van der Waals surface area contributed by atoms with Crippen molar-refractivity contribution in [2.24, 2.45) is 0 Å². The highest BCUT2D eigenvalue weighted by Gasteiger charge is 2.27. The van der Waals surface area contributed by atoms with Crippen LogP contribution in [0.1, 0.15) is 50.1 Å². The normalized spacial score (nSPS) is 18.7. The Morgan fingerprint density at radius 3 is 2.64 bits per heavy atom.